The highest BCUT2D eigenvalue weighted by Gasteiger charge is 2.23. The van der Waals surface area contributed by atoms with Crippen molar-refractivity contribution in [2.45, 2.75) is 32.1 Å². The van der Waals surface area contributed by atoms with Gasteiger partial charge in [0.1, 0.15) is 0 Å². The molecule has 0 aromatic heterocycles. The number of ketones is 1. The predicted octanol–water partition coefficient (Wildman–Crippen LogP) is 3.38. The fourth-order valence-corrected chi connectivity index (χ4v) is 2.71. The second-order valence-corrected chi connectivity index (χ2v) is 4.38. The Balaban J connectivity index is 2.13. The summed E-state index contributed by atoms with van der Waals surface area (Å²) in [5, 5.41) is 0. The van der Waals surface area contributed by atoms with Crippen LogP contribution in [0.3, 0.4) is 0 Å². The average Bonchev–Trinajstić information content (AvgIpc) is 2.88. The average molecular weight is 198 g/mol. The van der Waals surface area contributed by atoms with E-state index in [0.29, 0.717) is 12.2 Å². The Kier molecular flexibility index (Phi) is 1.98. The molecule has 15 heavy (non-hydrogen) atoms. The number of carbonyl (C=O) groups excluding carboxylic acids is 1. The van der Waals surface area contributed by atoms with Gasteiger partial charge in [-0.3, -0.25) is 4.79 Å². The van der Waals surface area contributed by atoms with Crippen molar-refractivity contribution in [3.63, 3.8) is 0 Å². The monoisotopic (exact) mass is 198 g/mol. The van der Waals surface area contributed by atoms with Crippen molar-refractivity contribution < 1.29 is 4.79 Å². The number of hydrogen-bond donors (Lipinski definition) is 0. The molecule has 0 heterocycles. The summed E-state index contributed by atoms with van der Waals surface area (Å²) in [5.74, 6) is 0.324. The zero-order chi connectivity index (χ0) is 10.3. The number of hydrogen-bond acceptors (Lipinski definition) is 1. The summed E-state index contributed by atoms with van der Waals surface area (Å²) >= 11 is 0. The highest BCUT2D eigenvalue weighted by atomic mass is 16.1. The van der Waals surface area contributed by atoms with Crippen LogP contribution in [0.5, 0.6) is 0 Å². The third kappa shape index (κ3) is 1.34. The number of fused-ring (bicyclic) bond motifs is 1. The highest BCUT2D eigenvalue weighted by Crippen LogP contribution is 2.34. The molecule has 0 saturated heterocycles. The molecule has 0 aliphatic heterocycles. The SMILES string of the molecule is O=C1CCc2c1cccc2C1=CCCC1. The molecule has 0 fully saturated rings. The molecule has 0 spiro atoms. The first-order valence-corrected chi connectivity index (χ1v) is 5.71. The Labute approximate surface area is 89.8 Å². The minimum Gasteiger partial charge on any atom is -0.294 e. The van der Waals surface area contributed by atoms with Gasteiger partial charge in [-0.2, -0.15) is 0 Å². The van der Waals surface area contributed by atoms with Crippen LogP contribution in [0.2, 0.25) is 0 Å². The Hall–Kier alpha value is -1.37. The molecule has 1 heteroatoms. The smallest absolute Gasteiger partial charge is 0.163 e. The number of allylic oxidation sites excluding steroid dienone is 2. The van der Waals surface area contributed by atoms with E-state index in [1.54, 1.807) is 0 Å². The maximum Gasteiger partial charge on any atom is 0.163 e. The lowest BCUT2D eigenvalue weighted by atomic mass is 9.96. The minimum absolute atomic E-state index is 0.324. The van der Waals surface area contributed by atoms with E-state index >= 15 is 0 Å². The molecule has 1 aromatic carbocycles. The summed E-state index contributed by atoms with van der Waals surface area (Å²) in [6, 6.07) is 6.18. The molecule has 0 unspecified atom stereocenters. The van der Waals surface area contributed by atoms with E-state index in [2.05, 4.69) is 12.1 Å². The van der Waals surface area contributed by atoms with Crippen molar-refractivity contribution in [2.24, 2.45) is 0 Å². The van der Waals surface area contributed by atoms with E-state index < -0.39 is 0 Å². The second-order valence-electron chi connectivity index (χ2n) is 4.38. The molecular formula is C14H14O. The van der Waals surface area contributed by atoms with Crippen LogP contribution in [0, 0.1) is 0 Å². The maximum atomic E-state index is 11.6. The molecule has 0 atom stereocenters. The Bertz CT molecular complexity index is 454. The number of Topliss-reactive ketones (excluding diaryl/α,β-unsaturated/α-hetero) is 1. The van der Waals surface area contributed by atoms with Gasteiger partial charge in [0, 0.05) is 12.0 Å². The Morgan fingerprint density at radius 3 is 2.67 bits per heavy atom. The molecule has 1 aromatic rings. The topological polar surface area (TPSA) is 17.1 Å². The molecule has 2 aliphatic rings. The van der Waals surface area contributed by atoms with Crippen molar-refractivity contribution in [3.05, 3.63) is 41.0 Å². The minimum atomic E-state index is 0.324. The lowest BCUT2D eigenvalue weighted by molar-refractivity contribution is 0.0994. The Morgan fingerprint density at radius 2 is 1.87 bits per heavy atom. The fraction of sp³-hybridized carbons (Fsp3) is 0.357. The fourth-order valence-electron chi connectivity index (χ4n) is 2.71. The standard InChI is InChI=1S/C14H14O/c15-14-9-8-12-11(6-3-7-13(12)14)10-4-1-2-5-10/h3-4,6-7H,1-2,5,8-9H2. The molecule has 0 radical (unpaired) electrons. The van der Waals surface area contributed by atoms with Crippen molar-refractivity contribution in [1.29, 1.82) is 0 Å². The summed E-state index contributed by atoms with van der Waals surface area (Å²) < 4.78 is 0. The first-order chi connectivity index (χ1) is 7.36. The van der Waals surface area contributed by atoms with Gasteiger partial charge in [-0.1, -0.05) is 24.3 Å². The first kappa shape index (κ1) is 8.90. The summed E-state index contributed by atoms with van der Waals surface area (Å²) in [4.78, 5) is 11.6. The molecule has 0 bridgehead atoms. The quantitative estimate of drug-likeness (QED) is 0.676. The molecule has 2 aliphatic carbocycles. The van der Waals surface area contributed by atoms with Crippen LogP contribution in [0.1, 0.15) is 47.2 Å². The lowest BCUT2D eigenvalue weighted by Crippen LogP contribution is -1.93. The highest BCUT2D eigenvalue weighted by molar-refractivity contribution is 6.01. The van der Waals surface area contributed by atoms with Crippen LogP contribution >= 0.6 is 0 Å². The number of carbonyl (C=O) groups is 1. The van der Waals surface area contributed by atoms with Crippen LogP contribution in [-0.4, -0.2) is 5.78 Å². The molecular weight excluding hydrogens is 184 g/mol. The van der Waals surface area contributed by atoms with Crippen LogP contribution < -0.4 is 0 Å². The second kappa shape index (κ2) is 3.34. The van der Waals surface area contributed by atoms with Crippen LogP contribution in [0.4, 0.5) is 0 Å². The van der Waals surface area contributed by atoms with Gasteiger partial charge in [0.25, 0.3) is 0 Å². The largest absolute Gasteiger partial charge is 0.294 e. The summed E-state index contributed by atoms with van der Waals surface area (Å²) in [6.45, 7) is 0. The van der Waals surface area contributed by atoms with Crippen molar-refractivity contribution >= 4 is 11.4 Å². The van der Waals surface area contributed by atoms with E-state index in [1.807, 2.05) is 12.1 Å². The molecule has 1 nitrogen and oxygen atoms in total. The molecule has 3 rings (SSSR count). The molecule has 0 N–H and O–H groups in total. The van der Waals surface area contributed by atoms with E-state index in [0.717, 1.165) is 12.0 Å². The number of rotatable bonds is 1. The lowest BCUT2D eigenvalue weighted by Gasteiger charge is -2.08. The van der Waals surface area contributed by atoms with Crippen LogP contribution in [0.15, 0.2) is 24.3 Å². The van der Waals surface area contributed by atoms with Gasteiger partial charge in [-0.15, -0.1) is 0 Å². The third-order valence-electron chi connectivity index (χ3n) is 3.47. The van der Waals surface area contributed by atoms with Gasteiger partial charge in [0.2, 0.25) is 0 Å². The zero-order valence-corrected chi connectivity index (χ0v) is 8.75. The van der Waals surface area contributed by atoms with Crippen LogP contribution in [0.25, 0.3) is 5.57 Å². The van der Waals surface area contributed by atoms with E-state index in [-0.39, 0.29) is 0 Å². The van der Waals surface area contributed by atoms with Gasteiger partial charge in [-0.25, -0.2) is 0 Å². The van der Waals surface area contributed by atoms with Crippen molar-refractivity contribution in [2.75, 3.05) is 0 Å². The number of benzene rings is 1. The molecule has 76 valence electrons. The van der Waals surface area contributed by atoms with Crippen molar-refractivity contribution in [1.82, 2.24) is 0 Å². The summed E-state index contributed by atoms with van der Waals surface area (Å²) in [5.41, 5.74) is 5.08. The van der Waals surface area contributed by atoms with Gasteiger partial charge in [0.05, 0.1) is 0 Å². The van der Waals surface area contributed by atoms with Gasteiger partial charge >= 0.3 is 0 Å². The third-order valence-corrected chi connectivity index (χ3v) is 3.47. The summed E-state index contributed by atoms with van der Waals surface area (Å²) in [6.07, 6.45) is 7.64. The first-order valence-electron chi connectivity index (χ1n) is 5.71. The Morgan fingerprint density at radius 1 is 1.00 bits per heavy atom. The van der Waals surface area contributed by atoms with E-state index in [4.69, 9.17) is 0 Å². The summed E-state index contributed by atoms with van der Waals surface area (Å²) in [7, 11) is 0. The molecule has 0 saturated carbocycles. The van der Waals surface area contributed by atoms with Gasteiger partial charge < -0.3 is 0 Å². The maximum absolute atomic E-state index is 11.6. The van der Waals surface area contributed by atoms with Crippen molar-refractivity contribution in [3.8, 4) is 0 Å². The predicted molar refractivity (Wildman–Crippen MR) is 60.9 cm³/mol. The van der Waals surface area contributed by atoms with E-state index in [1.165, 1.54) is 36.0 Å². The van der Waals surface area contributed by atoms with Gasteiger partial charge in [0.15, 0.2) is 5.78 Å². The van der Waals surface area contributed by atoms with Gasteiger partial charge in [-0.05, 0) is 42.4 Å². The van der Waals surface area contributed by atoms with E-state index in [9.17, 15) is 4.79 Å². The zero-order valence-electron chi connectivity index (χ0n) is 8.75. The normalized spacial score (nSPS) is 19.2. The van der Waals surface area contributed by atoms with Crippen LogP contribution in [-0.2, 0) is 6.42 Å². The molecule has 0 amide bonds.